The lowest BCUT2D eigenvalue weighted by Gasteiger charge is -2.20. The van der Waals surface area contributed by atoms with Crippen molar-refractivity contribution in [3.8, 4) is 0 Å². The van der Waals surface area contributed by atoms with Gasteiger partial charge < -0.3 is 9.64 Å². The Morgan fingerprint density at radius 2 is 1.70 bits per heavy atom. The molecule has 0 spiro atoms. The van der Waals surface area contributed by atoms with Crippen molar-refractivity contribution < 1.29 is 9.53 Å². The molecule has 1 amide bonds. The second-order valence-corrected chi connectivity index (χ2v) is 5.76. The van der Waals surface area contributed by atoms with Crippen LogP contribution in [0.15, 0.2) is 24.3 Å². The van der Waals surface area contributed by atoms with Crippen LogP contribution in [0.1, 0.15) is 55.5 Å². The highest BCUT2D eigenvalue weighted by molar-refractivity contribution is 5.94. The van der Waals surface area contributed by atoms with E-state index in [4.69, 9.17) is 4.74 Å². The number of ether oxygens (including phenoxy) is 1. The molecule has 20 heavy (non-hydrogen) atoms. The second-order valence-electron chi connectivity index (χ2n) is 5.76. The molecule has 3 nitrogen and oxygen atoms in total. The number of nitrogens with zero attached hydrogens (tertiary/aromatic N) is 1. The molecule has 0 aliphatic carbocycles. The van der Waals surface area contributed by atoms with E-state index in [1.165, 1.54) is 12.8 Å². The topological polar surface area (TPSA) is 29.5 Å². The summed E-state index contributed by atoms with van der Waals surface area (Å²) in [6.07, 6.45) is 4.98. The highest BCUT2D eigenvalue weighted by atomic mass is 16.5. The van der Waals surface area contributed by atoms with E-state index < -0.39 is 0 Å². The molecule has 1 saturated heterocycles. The minimum Gasteiger partial charge on any atom is -0.374 e. The zero-order valence-corrected chi connectivity index (χ0v) is 12.6. The van der Waals surface area contributed by atoms with Gasteiger partial charge in [-0.05, 0) is 44.4 Å². The SMILES string of the molecule is CC(C)OCc1ccc(C(=O)N2CCCCCC2)cc1. The van der Waals surface area contributed by atoms with Gasteiger partial charge in [-0.2, -0.15) is 0 Å². The summed E-state index contributed by atoms with van der Waals surface area (Å²) in [5, 5.41) is 0. The average molecular weight is 275 g/mol. The monoisotopic (exact) mass is 275 g/mol. The van der Waals surface area contributed by atoms with E-state index in [0.717, 1.165) is 37.1 Å². The van der Waals surface area contributed by atoms with Gasteiger partial charge in [0.25, 0.3) is 5.91 Å². The summed E-state index contributed by atoms with van der Waals surface area (Å²) in [5.74, 6) is 0.170. The van der Waals surface area contributed by atoms with Crippen LogP contribution in [-0.4, -0.2) is 30.0 Å². The van der Waals surface area contributed by atoms with Crippen molar-refractivity contribution in [2.45, 2.75) is 52.2 Å². The van der Waals surface area contributed by atoms with Gasteiger partial charge in [-0.3, -0.25) is 4.79 Å². The highest BCUT2D eigenvalue weighted by Crippen LogP contribution is 2.14. The number of carbonyl (C=O) groups is 1. The van der Waals surface area contributed by atoms with Crippen molar-refractivity contribution in [2.24, 2.45) is 0 Å². The third kappa shape index (κ3) is 4.34. The molecule has 3 heteroatoms. The maximum absolute atomic E-state index is 12.4. The van der Waals surface area contributed by atoms with Crippen molar-refractivity contribution >= 4 is 5.91 Å². The van der Waals surface area contributed by atoms with Gasteiger partial charge in [-0.1, -0.05) is 25.0 Å². The number of rotatable bonds is 4. The number of likely N-dealkylation sites (tertiary alicyclic amines) is 1. The van der Waals surface area contributed by atoms with Crippen LogP contribution < -0.4 is 0 Å². The molecule has 1 aliphatic heterocycles. The molecule has 1 heterocycles. The Bertz CT molecular complexity index is 417. The first-order valence-electron chi connectivity index (χ1n) is 7.66. The lowest BCUT2D eigenvalue weighted by atomic mass is 10.1. The molecule has 0 N–H and O–H groups in total. The fourth-order valence-corrected chi connectivity index (χ4v) is 2.46. The van der Waals surface area contributed by atoms with Crippen LogP contribution in [0.5, 0.6) is 0 Å². The van der Waals surface area contributed by atoms with Crippen molar-refractivity contribution in [3.63, 3.8) is 0 Å². The summed E-state index contributed by atoms with van der Waals surface area (Å²) in [5.41, 5.74) is 1.91. The van der Waals surface area contributed by atoms with E-state index in [0.29, 0.717) is 6.61 Å². The molecule has 1 aliphatic rings. The van der Waals surface area contributed by atoms with Crippen LogP contribution in [0.25, 0.3) is 0 Å². The van der Waals surface area contributed by atoms with Crippen LogP contribution in [0.4, 0.5) is 0 Å². The Labute approximate surface area is 121 Å². The van der Waals surface area contributed by atoms with E-state index in [9.17, 15) is 4.79 Å². The summed E-state index contributed by atoms with van der Waals surface area (Å²) in [7, 11) is 0. The highest BCUT2D eigenvalue weighted by Gasteiger charge is 2.16. The first-order chi connectivity index (χ1) is 9.66. The molecule has 1 aromatic rings. The van der Waals surface area contributed by atoms with Crippen molar-refractivity contribution in [2.75, 3.05) is 13.1 Å². The van der Waals surface area contributed by atoms with Crippen molar-refractivity contribution in [1.29, 1.82) is 0 Å². The van der Waals surface area contributed by atoms with Gasteiger partial charge in [-0.15, -0.1) is 0 Å². The number of benzene rings is 1. The van der Waals surface area contributed by atoms with Crippen molar-refractivity contribution in [3.05, 3.63) is 35.4 Å². The normalized spacial score (nSPS) is 16.2. The standard InChI is InChI=1S/C17H25NO2/c1-14(2)20-13-15-7-9-16(10-8-15)17(19)18-11-5-3-4-6-12-18/h7-10,14H,3-6,11-13H2,1-2H3. The lowest BCUT2D eigenvalue weighted by molar-refractivity contribution is 0.0656. The van der Waals surface area contributed by atoms with E-state index in [-0.39, 0.29) is 12.0 Å². The number of hydrogen-bond acceptors (Lipinski definition) is 2. The minimum absolute atomic E-state index is 0.170. The molecule has 0 aromatic heterocycles. The average Bonchev–Trinajstić information content (AvgIpc) is 2.74. The summed E-state index contributed by atoms with van der Waals surface area (Å²) < 4.78 is 5.57. The third-order valence-corrected chi connectivity index (χ3v) is 3.68. The Kier molecular flexibility index (Phi) is 5.60. The van der Waals surface area contributed by atoms with Crippen LogP contribution in [-0.2, 0) is 11.3 Å². The zero-order valence-electron chi connectivity index (χ0n) is 12.6. The summed E-state index contributed by atoms with van der Waals surface area (Å²) in [6, 6.07) is 7.83. The quantitative estimate of drug-likeness (QED) is 0.840. The summed E-state index contributed by atoms with van der Waals surface area (Å²) >= 11 is 0. The third-order valence-electron chi connectivity index (χ3n) is 3.68. The fourth-order valence-electron chi connectivity index (χ4n) is 2.46. The molecule has 0 saturated carbocycles. The number of carbonyl (C=O) groups excluding carboxylic acids is 1. The predicted octanol–water partition coefficient (Wildman–Crippen LogP) is 3.63. The fraction of sp³-hybridized carbons (Fsp3) is 0.588. The smallest absolute Gasteiger partial charge is 0.253 e. The van der Waals surface area contributed by atoms with E-state index in [1.807, 2.05) is 43.0 Å². The summed E-state index contributed by atoms with van der Waals surface area (Å²) in [4.78, 5) is 14.4. The summed E-state index contributed by atoms with van der Waals surface area (Å²) in [6.45, 7) is 6.46. The molecule has 2 rings (SSSR count). The maximum atomic E-state index is 12.4. The molecule has 0 bridgehead atoms. The first-order valence-corrected chi connectivity index (χ1v) is 7.66. The van der Waals surface area contributed by atoms with E-state index in [1.54, 1.807) is 0 Å². The largest absolute Gasteiger partial charge is 0.374 e. The van der Waals surface area contributed by atoms with Gasteiger partial charge in [0.15, 0.2) is 0 Å². The van der Waals surface area contributed by atoms with Crippen molar-refractivity contribution in [1.82, 2.24) is 4.90 Å². The molecule has 0 atom stereocenters. The maximum Gasteiger partial charge on any atom is 0.253 e. The van der Waals surface area contributed by atoms with Gasteiger partial charge in [0.1, 0.15) is 0 Å². The second kappa shape index (κ2) is 7.44. The van der Waals surface area contributed by atoms with Crippen LogP contribution in [0.2, 0.25) is 0 Å². The van der Waals surface area contributed by atoms with Gasteiger partial charge in [-0.25, -0.2) is 0 Å². The van der Waals surface area contributed by atoms with Crippen LogP contribution >= 0.6 is 0 Å². The van der Waals surface area contributed by atoms with E-state index in [2.05, 4.69) is 0 Å². The van der Waals surface area contributed by atoms with E-state index >= 15 is 0 Å². The molecule has 110 valence electrons. The van der Waals surface area contributed by atoms with Gasteiger partial charge in [0.05, 0.1) is 12.7 Å². The molecular weight excluding hydrogens is 250 g/mol. The molecular formula is C17H25NO2. The Hall–Kier alpha value is -1.35. The number of amides is 1. The molecule has 1 aromatic carbocycles. The Balaban J connectivity index is 1.96. The first kappa shape index (κ1) is 15.0. The van der Waals surface area contributed by atoms with Crippen LogP contribution in [0, 0.1) is 0 Å². The molecule has 0 radical (unpaired) electrons. The molecule has 1 fully saturated rings. The number of hydrogen-bond donors (Lipinski definition) is 0. The predicted molar refractivity (Wildman–Crippen MR) is 80.7 cm³/mol. The Morgan fingerprint density at radius 1 is 1.10 bits per heavy atom. The molecule has 0 unspecified atom stereocenters. The Morgan fingerprint density at radius 3 is 2.25 bits per heavy atom. The zero-order chi connectivity index (χ0) is 14.4. The van der Waals surface area contributed by atoms with Gasteiger partial charge >= 0.3 is 0 Å². The lowest BCUT2D eigenvalue weighted by Crippen LogP contribution is -2.31. The van der Waals surface area contributed by atoms with Gasteiger partial charge in [0.2, 0.25) is 0 Å². The minimum atomic E-state index is 0.170. The van der Waals surface area contributed by atoms with Gasteiger partial charge in [0, 0.05) is 18.7 Å². The van der Waals surface area contributed by atoms with Crippen LogP contribution in [0.3, 0.4) is 0 Å².